The van der Waals surface area contributed by atoms with Crippen molar-refractivity contribution in [1.29, 1.82) is 0 Å². The van der Waals surface area contributed by atoms with Crippen molar-refractivity contribution < 1.29 is 4.79 Å². The fraction of sp³-hybridized carbons (Fsp3) is 0.722. The molecular formula is C18H33N7O. The van der Waals surface area contributed by atoms with Crippen molar-refractivity contribution in [2.75, 3.05) is 39.8 Å². The maximum absolute atomic E-state index is 11.9. The number of aryl methyl sites for hydroxylation is 2. The molecule has 0 bridgehead atoms. The highest BCUT2D eigenvalue weighted by Crippen LogP contribution is 2.11. The van der Waals surface area contributed by atoms with E-state index in [-0.39, 0.29) is 11.9 Å². The van der Waals surface area contributed by atoms with Crippen LogP contribution >= 0.6 is 0 Å². The van der Waals surface area contributed by atoms with Gasteiger partial charge in [-0.05, 0) is 27.7 Å². The average molecular weight is 364 g/mol. The second kappa shape index (κ2) is 9.02. The second-order valence-corrected chi connectivity index (χ2v) is 7.16. The molecule has 2 heterocycles. The largest absolute Gasteiger partial charge is 0.353 e. The third-order valence-corrected chi connectivity index (χ3v) is 4.78. The molecule has 1 aliphatic heterocycles. The minimum Gasteiger partial charge on any atom is -0.353 e. The summed E-state index contributed by atoms with van der Waals surface area (Å²) in [5.74, 6) is 0.998. The average Bonchev–Trinajstić information content (AvgIpc) is 2.81. The highest BCUT2D eigenvalue weighted by Gasteiger charge is 2.21. The van der Waals surface area contributed by atoms with Gasteiger partial charge in [0.15, 0.2) is 5.96 Å². The molecule has 2 N–H and O–H groups in total. The van der Waals surface area contributed by atoms with Gasteiger partial charge < -0.3 is 15.5 Å². The van der Waals surface area contributed by atoms with Gasteiger partial charge in [0.1, 0.15) is 0 Å². The van der Waals surface area contributed by atoms with Gasteiger partial charge >= 0.3 is 0 Å². The summed E-state index contributed by atoms with van der Waals surface area (Å²) in [4.78, 5) is 20.8. The fourth-order valence-corrected chi connectivity index (χ4v) is 3.26. The maximum Gasteiger partial charge on any atom is 0.234 e. The third kappa shape index (κ3) is 5.20. The number of rotatable bonds is 5. The van der Waals surface area contributed by atoms with Gasteiger partial charge in [-0.2, -0.15) is 5.10 Å². The molecule has 146 valence electrons. The molecule has 0 aromatic carbocycles. The second-order valence-electron chi connectivity index (χ2n) is 7.16. The van der Waals surface area contributed by atoms with Crippen molar-refractivity contribution in [2.45, 2.75) is 40.3 Å². The zero-order chi connectivity index (χ0) is 19.3. The standard InChI is InChI=1S/C18H33N7O/c1-13(2)21-17(26)12-24-7-9-25(10-8-24)18(19-5)20-11-16-14(3)22-23(6)15(16)4/h13H,7-12H2,1-6H3,(H,19,20)(H,21,26). The van der Waals surface area contributed by atoms with Crippen molar-refractivity contribution in [1.82, 2.24) is 30.2 Å². The molecule has 1 amide bonds. The molecule has 0 unspecified atom stereocenters. The minimum absolute atomic E-state index is 0.0958. The van der Waals surface area contributed by atoms with Gasteiger partial charge in [0.25, 0.3) is 0 Å². The summed E-state index contributed by atoms with van der Waals surface area (Å²) in [6.45, 7) is 12.7. The Morgan fingerprint density at radius 3 is 2.38 bits per heavy atom. The van der Waals surface area contributed by atoms with Gasteiger partial charge in [0.2, 0.25) is 5.91 Å². The number of guanidine groups is 1. The summed E-state index contributed by atoms with van der Waals surface area (Å²) in [7, 11) is 3.78. The molecule has 0 radical (unpaired) electrons. The monoisotopic (exact) mass is 363 g/mol. The van der Waals surface area contributed by atoms with E-state index in [1.54, 1.807) is 0 Å². The van der Waals surface area contributed by atoms with Crippen LogP contribution in [0, 0.1) is 13.8 Å². The molecular weight excluding hydrogens is 330 g/mol. The first kappa shape index (κ1) is 20.2. The number of hydrogen-bond donors (Lipinski definition) is 2. The Hall–Kier alpha value is -2.09. The normalized spacial score (nSPS) is 16.3. The number of carbonyl (C=O) groups is 1. The molecule has 1 aliphatic rings. The maximum atomic E-state index is 11.9. The van der Waals surface area contributed by atoms with Gasteiger partial charge in [-0.1, -0.05) is 0 Å². The fourth-order valence-electron chi connectivity index (χ4n) is 3.26. The molecule has 0 atom stereocenters. The van der Waals surface area contributed by atoms with Crippen LogP contribution in [-0.4, -0.2) is 77.3 Å². The first-order valence-electron chi connectivity index (χ1n) is 9.28. The van der Waals surface area contributed by atoms with Crippen LogP contribution in [0.3, 0.4) is 0 Å². The van der Waals surface area contributed by atoms with E-state index in [4.69, 9.17) is 0 Å². The van der Waals surface area contributed by atoms with Crippen LogP contribution in [0.5, 0.6) is 0 Å². The highest BCUT2D eigenvalue weighted by molar-refractivity contribution is 5.80. The number of nitrogens with zero attached hydrogens (tertiary/aromatic N) is 5. The van der Waals surface area contributed by atoms with Crippen LogP contribution in [-0.2, 0) is 18.4 Å². The van der Waals surface area contributed by atoms with Crippen LogP contribution in [0.1, 0.15) is 30.8 Å². The lowest BCUT2D eigenvalue weighted by molar-refractivity contribution is -0.123. The van der Waals surface area contributed by atoms with Crippen LogP contribution in [0.25, 0.3) is 0 Å². The summed E-state index contributed by atoms with van der Waals surface area (Å²) < 4.78 is 1.91. The smallest absolute Gasteiger partial charge is 0.234 e. The van der Waals surface area contributed by atoms with Crippen molar-refractivity contribution in [3.8, 4) is 0 Å². The van der Waals surface area contributed by atoms with Gasteiger partial charge in [0, 0.05) is 64.1 Å². The van der Waals surface area contributed by atoms with Crippen molar-refractivity contribution >= 4 is 11.9 Å². The molecule has 1 fully saturated rings. The van der Waals surface area contributed by atoms with E-state index in [0.717, 1.165) is 44.4 Å². The third-order valence-electron chi connectivity index (χ3n) is 4.78. The van der Waals surface area contributed by atoms with E-state index in [9.17, 15) is 4.79 Å². The molecule has 1 aromatic heterocycles. The summed E-state index contributed by atoms with van der Waals surface area (Å²) in [6.07, 6.45) is 0. The molecule has 26 heavy (non-hydrogen) atoms. The van der Waals surface area contributed by atoms with E-state index in [2.05, 4.69) is 37.4 Å². The summed E-state index contributed by atoms with van der Waals surface area (Å²) in [6, 6.07) is 0.186. The van der Waals surface area contributed by atoms with Crippen molar-refractivity contribution in [2.24, 2.45) is 12.0 Å². The van der Waals surface area contributed by atoms with E-state index < -0.39 is 0 Å². The summed E-state index contributed by atoms with van der Waals surface area (Å²) >= 11 is 0. The topological polar surface area (TPSA) is 77.8 Å². The lowest BCUT2D eigenvalue weighted by Gasteiger charge is -2.36. The molecule has 8 heteroatoms. The molecule has 0 spiro atoms. The quantitative estimate of drug-likeness (QED) is 0.579. The van der Waals surface area contributed by atoms with Gasteiger partial charge in [-0.25, -0.2) is 0 Å². The van der Waals surface area contributed by atoms with Crippen molar-refractivity contribution in [3.05, 3.63) is 17.0 Å². The Labute approximate surface area is 156 Å². The van der Waals surface area contributed by atoms with Crippen LogP contribution in [0.15, 0.2) is 4.99 Å². The first-order valence-corrected chi connectivity index (χ1v) is 9.28. The lowest BCUT2D eigenvalue weighted by Crippen LogP contribution is -2.54. The molecule has 0 saturated carbocycles. The molecule has 1 aromatic rings. The number of aromatic nitrogens is 2. The minimum atomic E-state index is 0.0958. The first-order chi connectivity index (χ1) is 12.3. The molecule has 0 aliphatic carbocycles. The van der Waals surface area contributed by atoms with E-state index in [1.807, 2.05) is 39.5 Å². The van der Waals surface area contributed by atoms with E-state index >= 15 is 0 Å². The molecule has 2 rings (SSSR count). The van der Waals surface area contributed by atoms with Gasteiger partial charge in [0.05, 0.1) is 12.2 Å². The summed E-state index contributed by atoms with van der Waals surface area (Å²) in [5.41, 5.74) is 3.44. The Balaban J connectivity index is 1.84. The Bertz CT molecular complexity index is 642. The number of piperazine rings is 1. The van der Waals surface area contributed by atoms with Gasteiger partial charge in [-0.3, -0.25) is 19.4 Å². The number of amides is 1. The van der Waals surface area contributed by atoms with Crippen LogP contribution in [0.2, 0.25) is 0 Å². The lowest BCUT2D eigenvalue weighted by atomic mass is 10.2. The zero-order valence-corrected chi connectivity index (χ0v) is 17.0. The number of carbonyl (C=O) groups excluding carboxylic acids is 1. The molecule has 1 saturated heterocycles. The zero-order valence-electron chi connectivity index (χ0n) is 17.0. The predicted octanol–water partition coefficient (Wildman–Crippen LogP) is 0.255. The summed E-state index contributed by atoms with van der Waals surface area (Å²) in [5, 5.41) is 10.9. The van der Waals surface area contributed by atoms with Crippen LogP contribution < -0.4 is 10.6 Å². The Morgan fingerprint density at radius 2 is 1.88 bits per heavy atom. The number of aliphatic imine (C=N–C) groups is 1. The van der Waals surface area contributed by atoms with E-state index in [0.29, 0.717) is 6.54 Å². The Kier molecular flexibility index (Phi) is 7.02. The Morgan fingerprint density at radius 1 is 1.23 bits per heavy atom. The van der Waals surface area contributed by atoms with Crippen molar-refractivity contribution in [3.63, 3.8) is 0 Å². The van der Waals surface area contributed by atoms with Gasteiger partial charge in [-0.15, -0.1) is 0 Å². The number of nitrogens with one attached hydrogen (secondary N) is 2. The number of hydrogen-bond acceptors (Lipinski definition) is 4. The van der Waals surface area contributed by atoms with E-state index in [1.165, 1.54) is 11.3 Å². The predicted molar refractivity (Wildman–Crippen MR) is 104 cm³/mol. The van der Waals surface area contributed by atoms with Crippen LogP contribution in [0.4, 0.5) is 0 Å². The molecule has 8 nitrogen and oxygen atoms in total. The highest BCUT2D eigenvalue weighted by atomic mass is 16.2. The SMILES string of the molecule is CN=C(NCc1c(C)nn(C)c1C)N1CCN(CC(=O)NC(C)C)CC1.